The number of phenols is 2. The second kappa shape index (κ2) is 14.5. The van der Waals surface area contributed by atoms with E-state index in [9.17, 15) is 10.2 Å². The summed E-state index contributed by atoms with van der Waals surface area (Å²) in [5, 5.41) is 28.7. The number of phenolic OH excluding ortho intramolecular Hbond substituents is 2. The lowest BCUT2D eigenvalue weighted by Gasteiger charge is -2.26. The van der Waals surface area contributed by atoms with Crippen LogP contribution in [-0.2, 0) is 37.0 Å². The van der Waals surface area contributed by atoms with Crippen molar-refractivity contribution in [1.82, 2.24) is 20.4 Å². The van der Waals surface area contributed by atoms with Crippen LogP contribution in [0.5, 0.6) is 11.5 Å². The van der Waals surface area contributed by atoms with Gasteiger partial charge in [-0.3, -0.25) is 0 Å². The van der Waals surface area contributed by atoms with Gasteiger partial charge in [0, 0.05) is 48.4 Å². The van der Waals surface area contributed by atoms with Gasteiger partial charge in [-0.1, -0.05) is 79.7 Å². The lowest BCUT2D eigenvalue weighted by molar-refractivity contribution is 0.265. The van der Waals surface area contributed by atoms with Crippen LogP contribution >= 0.6 is 0 Å². The third-order valence-electron chi connectivity index (χ3n) is 7.36. The number of hydrogen-bond acceptors (Lipinski definition) is 6. The number of nitrogens with one attached hydrogen (secondary N) is 2. The van der Waals surface area contributed by atoms with Crippen LogP contribution in [0.2, 0.25) is 0 Å². The SMILES string of the molecule is CCNCc1cc(C(C)(C)C)cc(CN(C)CCCN(C)Cc2cc(C(C)(C)C)cc(CNCC)c2O)c1O. The Morgan fingerprint density at radius 2 is 0.949 bits per heavy atom. The lowest BCUT2D eigenvalue weighted by atomic mass is 9.84. The van der Waals surface area contributed by atoms with Crippen LogP contribution in [0, 0.1) is 0 Å². The normalized spacial score (nSPS) is 12.6. The van der Waals surface area contributed by atoms with Gasteiger partial charge in [0.25, 0.3) is 0 Å². The van der Waals surface area contributed by atoms with Crippen molar-refractivity contribution in [3.05, 3.63) is 57.6 Å². The lowest BCUT2D eigenvalue weighted by Crippen LogP contribution is -2.26. The fourth-order valence-electron chi connectivity index (χ4n) is 4.77. The standard InChI is InChI=1S/C33H56N4O2/c1-11-34-20-24-16-28(32(3,4)5)18-26(30(24)38)22-36(9)14-13-15-37(10)23-27-19-29(33(6,7)8)17-25(31(27)39)21-35-12-2/h16-19,34-35,38-39H,11-15,20-23H2,1-10H3. The van der Waals surface area contributed by atoms with Crippen molar-refractivity contribution in [3.63, 3.8) is 0 Å². The average Bonchev–Trinajstić information content (AvgIpc) is 2.83. The molecule has 2 rings (SSSR count). The van der Waals surface area contributed by atoms with Crippen LogP contribution in [0.3, 0.4) is 0 Å². The Bertz CT molecular complexity index is 970. The Kier molecular flexibility index (Phi) is 12.3. The minimum Gasteiger partial charge on any atom is -0.507 e. The zero-order valence-electron chi connectivity index (χ0n) is 26.5. The first kappa shape index (κ1) is 33.1. The molecule has 220 valence electrons. The molecule has 0 saturated heterocycles. The zero-order valence-corrected chi connectivity index (χ0v) is 26.5. The Hall–Kier alpha value is -2.12. The molecule has 2 aromatic carbocycles. The van der Waals surface area contributed by atoms with E-state index in [1.165, 1.54) is 11.1 Å². The molecule has 0 spiro atoms. The summed E-state index contributed by atoms with van der Waals surface area (Å²) in [6.45, 7) is 23.8. The van der Waals surface area contributed by atoms with Crippen LogP contribution < -0.4 is 10.6 Å². The number of nitrogens with zero attached hydrogens (tertiary/aromatic N) is 2. The van der Waals surface area contributed by atoms with E-state index in [0.29, 0.717) is 37.7 Å². The summed E-state index contributed by atoms with van der Waals surface area (Å²) in [6, 6.07) is 8.63. The van der Waals surface area contributed by atoms with E-state index < -0.39 is 0 Å². The van der Waals surface area contributed by atoms with Gasteiger partial charge >= 0.3 is 0 Å². The van der Waals surface area contributed by atoms with E-state index >= 15 is 0 Å². The molecular weight excluding hydrogens is 484 g/mol. The van der Waals surface area contributed by atoms with Crippen molar-refractivity contribution >= 4 is 0 Å². The number of aromatic hydroxyl groups is 2. The van der Waals surface area contributed by atoms with Gasteiger partial charge in [0.2, 0.25) is 0 Å². The largest absolute Gasteiger partial charge is 0.507 e. The third kappa shape index (κ3) is 10.1. The minimum atomic E-state index is 0.0209. The summed E-state index contributed by atoms with van der Waals surface area (Å²) in [7, 11) is 4.25. The maximum Gasteiger partial charge on any atom is 0.124 e. The van der Waals surface area contributed by atoms with Crippen LogP contribution in [0.1, 0.15) is 95.2 Å². The van der Waals surface area contributed by atoms with E-state index in [-0.39, 0.29) is 10.8 Å². The van der Waals surface area contributed by atoms with Gasteiger partial charge in [-0.25, -0.2) is 0 Å². The van der Waals surface area contributed by atoms with E-state index in [4.69, 9.17) is 0 Å². The molecule has 4 N–H and O–H groups in total. The maximum absolute atomic E-state index is 11.0. The van der Waals surface area contributed by atoms with Crippen LogP contribution in [-0.4, -0.2) is 60.3 Å². The maximum atomic E-state index is 11.0. The van der Waals surface area contributed by atoms with E-state index in [2.05, 4.69) is 114 Å². The van der Waals surface area contributed by atoms with Gasteiger partial charge in [-0.15, -0.1) is 0 Å². The van der Waals surface area contributed by atoms with E-state index in [0.717, 1.165) is 54.9 Å². The van der Waals surface area contributed by atoms with E-state index in [1.54, 1.807) is 0 Å². The van der Waals surface area contributed by atoms with Crippen LogP contribution in [0.15, 0.2) is 24.3 Å². The predicted octanol–water partition coefficient (Wildman–Crippen LogP) is 5.87. The first-order chi connectivity index (χ1) is 18.2. The molecule has 0 aliphatic carbocycles. The topological polar surface area (TPSA) is 71.0 Å². The zero-order chi connectivity index (χ0) is 29.4. The fourth-order valence-corrected chi connectivity index (χ4v) is 4.77. The van der Waals surface area contributed by atoms with Crippen molar-refractivity contribution in [2.45, 2.75) is 98.8 Å². The molecule has 0 heterocycles. The molecule has 0 aliphatic heterocycles. The highest BCUT2D eigenvalue weighted by Crippen LogP contribution is 2.33. The molecule has 2 aromatic rings. The first-order valence-electron chi connectivity index (χ1n) is 14.7. The van der Waals surface area contributed by atoms with Crippen molar-refractivity contribution in [1.29, 1.82) is 0 Å². The average molecular weight is 541 g/mol. The Labute approximate surface area is 238 Å². The highest BCUT2D eigenvalue weighted by molar-refractivity contribution is 5.46. The number of rotatable bonds is 14. The van der Waals surface area contributed by atoms with Gasteiger partial charge in [0.05, 0.1) is 0 Å². The van der Waals surface area contributed by atoms with Crippen molar-refractivity contribution < 1.29 is 10.2 Å². The molecule has 0 aliphatic rings. The fraction of sp³-hybridized carbons (Fsp3) is 0.636. The smallest absolute Gasteiger partial charge is 0.124 e. The van der Waals surface area contributed by atoms with Gasteiger partial charge in [0.15, 0.2) is 0 Å². The predicted molar refractivity (Wildman–Crippen MR) is 166 cm³/mol. The quantitative estimate of drug-likeness (QED) is 0.240. The Morgan fingerprint density at radius 1 is 0.615 bits per heavy atom. The summed E-state index contributed by atoms with van der Waals surface area (Å²) in [4.78, 5) is 4.58. The summed E-state index contributed by atoms with van der Waals surface area (Å²) in [5.41, 5.74) is 6.47. The minimum absolute atomic E-state index is 0.0209. The van der Waals surface area contributed by atoms with E-state index in [1.807, 2.05) is 0 Å². The summed E-state index contributed by atoms with van der Waals surface area (Å²) >= 11 is 0. The highest BCUT2D eigenvalue weighted by Gasteiger charge is 2.21. The molecular formula is C33H56N4O2. The molecule has 0 unspecified atom stereocenters. The molecule has 39 heavy (non-hydrogen) atoms. The second-order valence-corrected chi connectivity index (χ2v) is 13.2. The van der Waals surface area contributed by atoms with Crippen LogP contribution in [0.4, 0.5) is 0 Å². The molecule has 6 nitrogen and oxygen atoms in total. The Balaban J connectivity index is 2.05. The molecule has 6 heteroatoms. The van der Waals surface area contributed by atoms with Gasteiger partial charge in [-0.05, 0) is 68.7 Å². The number of benzene rings is 2. The molecule has 0 saturated carbocycles. The molecule has 0 atom stereocenters. The van der Waals surface area contributed by atoms with Crippen molar-refractivity contribution in [3.8, 4) is 11.5 Å². The molecule has 0 amide bonds. The van der Waals surface area contributed by atoms with Gasteiger partial charge < -0.3 is 30.6 Å². The summed E-state index contributed by atoms with van der Waals surface area (Å²) < 4.78 is 0. The second-order valence-electron chi connectivity index (χ2n) is 13.2. The molecule has 0 fully saturated rings. The summed E-state index contributed by atoms with van der Waals surface area (Å²) in [6.07, 6.45) is 1.00. The first-order valence-corrected chi connectivity index (χ1v) is 14.7. The third-order valence-corrected chi connectivity index (χ3v) is 7.36. The summed E-state index contributed by atoms with van der Waals surface area (Å²) in [5.74, 6) is 0.825. The molecule has 0 radical (unpaired) electrons. The molecule has 0 bridgehead atoms. The Morgan fingerprint density at radius 3 is 1.26 bits per heavy atom. The highest BCUT2D eigenvalue weighted by atomic mass is 16.3. The van der Waals surface area contributed by atoms with Crippen molar-refractivity contribution in [2.75, 3.05) is 40.3 Å². The molecule has 0 aromatic heterocycles. The monoisotopic (exact) mass is 540 g/mol. The number of hydrogen-bond donors (Lipinski definition) is 4. The van der Waals surface area contributed by atoms with Crippen molar-refractivity contribution in [2.24, 2.45) is 0 Å². The van der Waals surface area contributed by atoms with Crippen LogP contribution in [0.25, 0.3) is 0 Å². The van der Waals surface area contributed by atoms with Gasteiger partial charge in [-0.2, -0.15) is 0 Å². The van der Waals surface area contributed by atoms with Gasteiger partial charge in [0.1, 0.15) is 11.5 Å².